The van der Waals surface area contributed by atoms with Gasteiger partial charge in [0.1, 0.15) is 0 Å². The molecule has 1 saturated carbocycles. The van der Waals surface area contributed by atoms with E-state index in [0.717, 1.165) is 24.9 Å². The lowest BCUT2D eigenvalue weighted by Crippen LogP contribution is -2.32. The first-order valence-electron chi connectivity index (χ1n) is 7.38. The molecular weight excluding hydrogens is 270 g/mol. The second-order valence-corrected chi connectivity index (χ2v) is 6.00. The Morgan fingerprint density at radius 2 is 2.05 bits per heavy atom. The largest absolute Gasteiger partial charge is 0.325 e. The summed E-state index contributed by atoms with van der Waals surface area (Å²) in [6, 6.07) is 6.05. The highest BCUT2D eigenvalue weighted by atomic mass is 16.6. The summed E-state index contributed by atoms with van der Waals surface area (Å²) in [5, 5.41) is 13.5. The summed E-state index contributed by atoms with van der Waals surface area (Å²) in [6.45, 7) is 2.38. The molecule has 6 nitrogen and oxygen atoms in total. The first kappa shape index (κ1) is 14.0. The number of hydrogen-bond acceptors (Lipinski definition) is 4. The topological polar surface area (TPSA) is 75.5 Å². The minimum atomic E-state index is -0.461. The SMILES string of the molecule is O=C(CN1CC2CCCC2C1)Nc1cccc([N+](=O)[O-])c1. The highest BCUT2D eigenvalue weighted by Gasteiger charge is 2.36. The maximum absolute atomic E-state index is 12.0. The number of rotatable bonds is 4. The van der Waals surface area contributed by atoms with E-state index in [4.69, 9.17) is 0 Å². The van der Waals surface area contributed by atoms with Crippen molar-refractivity contribution in [2.24, 2.45) is 11.8 Å². The third-order valence-corrected chi connectivity index (χ3v) is 4.51. The van der Waals surface area contributed by atoms with Crippen molar-refractivity contribution in [3.63, 3.8) is 0 Å². The number of carbonyl (C=O) groups is 1. The first-order chi connectivity index (χ1) is 10.1. The summed E-state index contributed by atoms with van der Waals surface area (Å²) in [7, 11) is 0. The average Bonchev–Trinajstić information content (AvgIpc) is 2.99. The molecule has 1 aromatic carbocycles. The summed E-state index contributed by atoms with van der Waals surface area (Å²) in [5.74, 6) is 1.42. The van der Waals surface area contributed by atoms with Gasteiger partial charge in [-0.2, -0.15) is 0 Å². The van der Waals surface area contributed by atoms with Crippen LogP contribution in [0.2, 0.25) is 0 Å². The normalized spacial score (nSPS) is 24.8. The van der Waals surface area contributed by atoms with E-state index in [0.29, 0.717) is 12.2 Å². The molecule has 1 aromatic rings. The number of carbonyl (C=O) groups excluding carboxylic acids is 1. The molecule has 1 heterocycles. The van der Waals surface area contributed by atoms with E-state index in [2.05, 4.69) is 10.2 Å². The maximum atomic E-state index is 12.0. The van der Waals surface area contributed by atoms with Crippen molar-refractivity contribution in [1.82, 2.24) is 4.90 Å². The Kier molecular flexibility index (Phi) is 3.88. The molecule has 21 heavy (non-hydrogen) atoms. The molecule has 0 aromatic heterocycles. The Labute approximate surface area is 123 Å². The fourth-order valence-electron chi connectivity index (χ4n) is 3.56. The van der Waals surface area contributed by atoms with Gasteiger partial charge in [0, 0.05) is 30.9 Å². The van der Waals surface area contributed by atoms with Crippen molar-refractivity contribution >= 4 is 17.3 Å². The van der Waals surface area contributed by atoms with Crippen LogP contribution in [0.15, 0.2) is 24.3 Å². The van der Waals surface area contributed by atoms with E-state index in [9.17, 15) is 14.9 Å². The van der Waals surface area contributed by atoms with Crippen molar-refractivity contribution in [2.75, 3.05) is 25.0 Å². The lowest BCUT2D eigenvalue weighted by Gasteiger charge is -2.16. The van der Waals surface area contributed by atoms with Crippen LogP contribution < -0.4 is 5.32 Å². The van der Waals surface area contributed by atoms with Gasteiger partial charge in [0.05, 0.1) is 11.5 Å². The van der Waals surface area contributed by atoms with E-state index in [1.807, 2.05) is 0 Å². The second-order valence-electron chi connectivity index (χ2n) is 6.00. The number of likely N-dealkylation sites (tertiary alicyclic amines) is 1. The Bertz CT molecular complexity index is 549. The van der Waals surface area contributed by atoms with Gasteiger partial charge in [-0.05, 0) is 30.7 Å². The highest BCUT2D eigenvalue weighted by Crippen LogP contribution is 2.37. The van der Waals surface area contributed by atoms with Crippen LogP contribution in [0.3, 0.4) is 0 Å². The third-order valence-electron chi connectivity index (χ3n) is 4.51. The van der Waals surface area contributed by atoms with E-state index in [1.54, 1.807) is 12.1 Å². The molecule has 112 valence electrons. The van der Waals surface area contributed by atoms with Gasteiger partial charge in [0.25, 0.3) is 5.69 Å². The molecule has 3 rings (SSSR count). The van der Waals surface area contributed by atoms with Crippen LogP contribution in [0.25, 0.3) is 0 Å². The second kappa shape index (κ2) is 5.81. The molecular formula is C15H19N3O3. The summed E-state index contributed by atoms with van der Waals surface area (Å²) in [5.41, 5.74) is 0.470. The summed E-state index contributed by atoms with van der Waals surface area (Å²) < 4.78 is 0. The Morgan fingerprint density at radius 1 is 1.33 bits per heavy atom. The Hall–Kier alpha value is -1.95. The predicted molar refractivity (Wildman–Crippen MR) is 79.0 cm³/mol. The highest BCUT2D eigenvalue weighted by molar-refractivity contribution is 5.92. The van der Waals surface area contributed by atoms with E-state index >= 15 is 0 Å². The molecule has 2 aliphatic rings. The predicted octanol–water partition coefficient (Wildman–Crippen LogP) is 2.27. The lowest BCUT2D eigenvalue weighted by molar-refractivity contribution is -0.384. The van der Waals surface area contributed by atoms with Crippen LogP contribution >= 0.6 is 0 Å². The van der Waals surface area contributed by atoms with Crippen molar-refractivity contribution in [3.8, 4) is 0 Å². The number of nitrogens with one attached hydrogen (secondary N) is 1. The number of nitro groups is 1. The minimum absolute atomic E-state index is 0.0106. The molecule has 0 bridgehead atoms. The standard InChI is InChI=1S/C15H19N3O3/c19-15(10-17-8-11-3-1-4-12(11)9-17)16-13-5-2-6-14(7-13)18(20)21/h2,5-7,11-12H,1,3-4,8-10H2,(H,16,19). The zero-order valence-electron chi connectivity index (χ0n) is 11.8. The van der Waals surface area contributed by atoms with E-state index in [-0.39, 0.29) is 11.6 Å². The van der Waals surface area contributed by atoms with Crippen LogP contribution in [0, 0.1) is 22.0 Å². The molecule has 1 N–H and O–H groups in total. The van der Waals surface area contributed by atoms with Gasteiger partial charge in [-0.25, -0.2) is 0 Å². The molecule has 2 unspecified atom stereocenters. The van der Waals surface area contributed by atoms with Crippen LogP contribution in [-0.4, -0.2) is 35.4 Å². The van der Waals surface area contributed by atoms with Crippen LogP contribution in [0.5, 0.6) is 0 Å². The smallest absolute Gasteiger partial charge is 0.271 e. The van der Waals surface area contributed by atoms with Crippen LogP contribution in [0.4, 0.5) is 11.4 Å². The summed E-state index contributed by atoms with van der Waals surface area (Å²) >= 11 is 0. The van der Waals surface area contributed by atoms with E-state index < -0.39 is 4.92 Å². The number of nitro benzene ring substituents is 1. The average molecular weight is 289 g/mol. The zero-order chi connectivity index (χ0) is 14.8. The van der Waals surface area contributed by atoms with Gasteiger partial charge in [-0.3, -0.25) is 19.8 Å². The number of hydrogen-bond donors (Lipinski definition) is 1. The van der Waals surface area contributed by atoms with Crippen LogP contribution in [0.1, 0.15) is 19.3 Å². The lowest BCUT2D eigenvalue weighted by atomic mass is 10.0. The summed E-state index contributed by atoms with van der Waals surface area (Å²) in [4.78, 5) is 24.5. The van der Waals surface area contributed by atoms with Crippen molar-refractivity contribution < 1.29 is 9.72 Å². The monoisotopic (exact) mass is 289 g/mol. The number of non-ortho nitro benzene ring substituents is 1. The quantitative estimate of drug-likeness (QED) is 0.681. The van der Waals surface area contributed by atoms with Gasteiger partial charge >= 0.3 is 0 Å². The van der Waals surface area contributed by atoms with Crippen molar-refractivity contribution in [1.29, 1.82) is 0 Å². The molecule has 6 heteroatoms. The zero-order valence-corrected chi connectivity index (χ0v) is 11.8. The first-order valence-corrected chi connectivity index (χ1v) is 7.38. The van der Waals surface area contributed by atoms with Gasteiger partial charge in [-0.1, -0.05) is 12.5 Å². The van der Waals surface area contributed by atoms with Crippen molar-refractivity contribution in [2.45, 2.75) is 19.3 Å². The molecule has 1 amide bonds. The van der Waals surface area contributed by atoms with E-state index in [1.165, 1.54) is 31.4 Å². The molecule has 0 radical (unpaired) electrons. The molecule has 1 aliphatic carbocycles. The van der Waals surface area contributed by atoms with Crippen LogP contribution in [-0.2, 0) is 4.79 Å². The number of fused-ring (bicyclic) bond motifs is 1. The minimum Gasteiger partial charge on any atom is -0.325 e. The summed E-state index contributed by atoms with van der Waals surface area (Å²) in [6.07, 6.45) is 3.89. The number of amides is 1. The van der Waals surface area contributed by atoms with Gasteiger partial charge in [0.15, 0.2) is 0 Å². The number of anilines is 1. The molecule has 0 spiro atoms. The van der Waals surface area contributed by atoms with Gasteiger partial charge in [-0.15, -0.1) is 0 Å². The molecule has 1 saturated heterocycles. The van der Waals surface area contributed by atoms with Gasteiger partial charge < -0.3 is 5.32 Å². The number of benzene rings is 1. The Morgan fingerprint density at radius 3 is 2.71 bits per heavy atom. The molecule has 2 atom stereocenters. The fourth-order valence-corrected chi connectivity index (χ4v) is 3.56. The molecule has 2 fully saturated rings. The number of nitrogens with zero attached hydrogens (tertiary/aromatic N) is 2. The fraction of sp³-hybridized carbons (Fsp3) is 0.533. The maximum Gasteiger partial charge on any atom is 0.271 e. The molecule has 1 aliphatic heterocycles. The third kappa shape index (κ3) is 3.21. The van der Waals surface area contributed by atoms with Crippen molar-refractivity contribution in [3.05, 3.63) is 34.4 Å². The Balaban J connectivity index is 1.55. The van der Waals surface area contributed by atoms with Gasteiger partial charge in [0.2, 0.25) is 5.91 Å².